The monoisotopic (exact) mass is 340 g/mol. The summed E-state index contributed by atoms with van der Waals surface area (Å²) in [7, 11) is 2.21. The molecule has 3 rings (SSSR count). The molecule has 1 N–H and O–H groups in total. The van der Waals surface area contributed by atoms with Gasteiger partial charge in [-0.15, -0.1) is 0 Å². The van der Waals surface area contributed by atoms with E-state index in [4.69, 9.17) is 0 Å². The average molecular weight is 341 g/mol. The molecule has 1 aliphatic heterocycles. The highest BCUT2D eigenvalue weighted by molar-refractivity contribution is 5.33. The smallest absolute Gasteiger partial charge is 0.0823 e. The van der Waals surface area contributed by atoms with Crippen LogP contribution in [0.1, 0.15) is 37.7 Å². The molecule has 0 amide bonds. The zero-order chi connectivity index (χ0) is 17.5. The predicted octanol–water partition coefficient (Wildman–Crippen LogP) is 2.62. The van der Waals surface area contributed by atoms with Crippen LogP contribution in [0.2, 0.25) is 0 Å². The Morgan fingerprint density at radius 1 is 1.12 bits per heavy atom. The van der Waals surface area contributed by atoms with Gasteiger partial charge >= 0.3 is 0 Å². The number of piperazine rings is 1. The topological polar surface area (TPSA) is 42.3 Å². The van der Waals surface area contributed by atoms with Crippen molar-refractivity contribution in [1.82, 2.24) is 15.1 Å². The zero-order valence-electron chi connectivity index (χ0n) is 15.6. The van der Waals surface area contributed by atoms with Crippen molar-refractivity contribution in [1.29, 1.82) is 5.26 Å². The van der Waals surface area contributed by atoms with Gasteiger partial charge in [0.15, 0.2) is 0 Å². The molecule has 4 heteroatoms. The standard InChI is InChI=1S/C21H32N4/c1-24-14-16-25(17-15-24)13-5-12-23-20-8-10-21(18-22,11-9-20)19-6-3-2-4-7-19/h2-4,6-7,20,23H,5,8-17H2,1H3. The minimum Gasteiger partial charge on any atom is -0.314 e. The number of benzene rings is 1. The Labute approximate surface area is 152 Å². The summed E-state index contributed by atoms with van der Waals surface area (Å²) < 4.78 is 0. The van der Waals surface area contributed by atoms with E-state index >= 15 is 0 Å². The molecule has 2 aliphatic rings. The Morgan fingerprint density at radius 3 is 2.44 bits per heavy atom. The summed E-state index contributed by atoms with van der Waals surface area (Å²) in [5.74, 6) is 0. The first-order chi connectivity index (χ1) is 12.2. The van der Waals surface area contributed by atoms with Gasteiger partial charge in [0.25, 0.3) is 0 Å². The number of hydrogen-bond acceptors (Lipinski definition) is 4. The second-order valence-corrected chi connectivity index (χ2v) is 7.79. The molecule has 1 aromatic rings. The van der Waals surface area contributed by atoms with Gasteiger partial charge in [-0.2, -0.15) is 5.26 Å². The number of nitrogens with zero attached hydrogens (tertiary/aromatic N) is 3. The predicted molar refractivity (Wildman–Crippen MR) is 103 cm³/mol. The van der Waals surface area contributed by atoms with Crippen molar-refractivity contribution in [2.24, 2.45) is 0 Å². The van der Waals surface area contributed by atoms with E-state index in [-0.39, 0.29) is 5.41 Å². The molecule has 0 aromatic heterocycles. The molecular weight excluding hydrogens is 308 g/mol. The Morgan fingerprint density at radius 2 is 1.80 bits per heavy atom. The third kappa shape index (κ3) is 4.82. The van der Waals surface area contributed by atoms with Gasteiger partial charge in [0.1, 0.15) is 0 Å². The van der Waals surface area contributed by atoms with Crippen molar-refractivity contribution < 1.29 is 0 Å². The first-order valence-electron chi connectivity index (χ1n) is 9.83. The van der Waals surface area contributed by atoms with E-state index in [0.29, 0.717) is 6.04 Å². The average Bonchev–Trinajstić information content (AvgIpc) is 2.68. The van der Waals surface area contributed by atoms with Crippen LogP contribution in [0.15, 0.2) is 30.3 Å². The molecule has 25 heavy (non-hydrogen) atoms. The first-order valence-corrected chi connectivity index (χ1v) is 9.83. The molecule has 1 heterocycles. The van der Waals surface area contributed by atoms with Gasteiger partial charge in [-0.05, 0) is 57.8 Å². The number of likely N-dealkylation sites (N-methyl/N-ethyl adjacent to an activating group) is 1. The normalized spacial score (nSPS) is 28.6. The molecule has 2 fully saturated rings. The maximum Gasteiger partial charge on any atom is 0.0823 e. The summed E-state index contributed by atoms with van der Waals surface area (Å²) in [6.45, 7) is 7.13. The molecule has 1 aliphatic carbocycles. The maximum absolute atomic E-state index is 9.78. The fraction of sp³-hybridized carbons (Fsp3) is 0.667. The SMILES string of the molecule is CN1CCN(CCCNC2CCC(C#N)(c3ccccc3)CC2)CC1. The van der Waals surface area contributed by atoms with Crippen LogP contribution in [0.25, 0.3) is 0 Å². The summed E-state index contributed by atoms with van der Waals surface area (Å²) in [6, 6.07) is 13.6. The van der Waals surface area contributed by atoms with Gasteiger partial charge in [0.2, 0.25) is 0 Å². The van der Waals surface area contributed by atoms with E-state index in [1.807, 2.05) is 6.07 Å². The number of rotatable bonds is 6. The third-order valence-electron chi connectivity index (χ3n) is 6.06. The summed E-state index contributed by atoms with van der Waals surface area (Å²) in [5, 5.41) is 13.5. The molecule has 0 spiro atoms. The zero-order valence-corrected chi connectivity index (χ0v) is 15.6. The van der Waals surface area contributed by atoms with E-state index in [1.54, 1.807) is 0 Å². The van der Waals surface area contributed by atoms with E-state index in [0.717, 1.165) is 32.2 Å². The number of nitrogens with one attached hydrogen (secondary N) is 1. The van der Waals surface area contributed by atoms with Crippen molar-refractivity contribution in [3.05, 3.63) is 35.9 Å². The maximum atomic E-state index is 9.78. The van der Waals surface area contributed by atoms with Crippen molar-refractivity contribution in [2.75, 3.05) is 46.3 Å². The molecule has 0 atom stereocenters. The molecule has 1 aromatic carbocycles. The van der Waals surface area contributed by atoms with E-state index in [9.17, 15) is 5.26 Å². The molecule has 0 bridgehead atoms. The highest BCUT2D eigenvalue weighted by Gasteiger charge is 2.36. The summed E-state index contributed by atoms with van der Waals surface area (Å²) in [4.78, 5) is 4.99. The van der Waals surface area contributed by atoms with Crippen LogP contribution in [0.4, 0.5) is 0 Å². The van der Waals surface area contributed by atoms with Gasteiger partial charge in [-0.1, -0.05) is 30.3 Å². The second kappa shape index (κ2) is 8.80. The lowest BCUT2D eigenvalue weighted by Crippen LogP contribution is -2.45. The molecule has 1 saturated carbocycles. The molecule has 0 radical (unpaired) electrons. The van der Waals surface area contributed by atoms with Gasteiger partial charge in [-0.3, -0.25) is 0 Å². The van der Waals surface area contributed by atoms with Crippen LogP contribution >= 0.6 is 0 Å². The minimum absolute atomic E-state index is 0.265. The Bertz CT molecular complexity index is 549. The van der Waals surface area contributed by atoms with Gasteiger partial charge < -0.3 is 15.1 Å². The second-order valence-electron chi connectivity index (χ2n) is 7.79. The lowest BCUT2D eigenvalue weighted by molar-refractivity contribution is 0.152. The van der Waals surface area contributed by atoms with Gasteiger partial charge in [0, 0.05) is 32.2 Å². The highest BCUT2D eigenvalue weighted by Crippen LogP contribution is 2.38. The Balaban J connectivity index is 1.37. The Hall–Kier alpha value is -1.41. The quantitative estimate of drug-likeness (QED) is 0.809. The van der Waals surface area contributed by atoms with Crippen LogP contribution in [0.5, 0.6) is 0 Å². The van der Waals surface area contributed by atoms with Gasteiger partial charge in [0.05, 0.1) is 11.5 Å². The fourth-order valence-electron chi connectivity index (χ4n) is 4.22. The molecule has 4 nitrogen and oxygen atoms in total. The summed E-state index contributed by atoms with van der Waals surface area (Å²) in [6.07, 6.45) is 5.39. The molecule has 0 unspecified atom stereocenters. The van der Waals surface area contributed by atoms with E-state index in [2.05, 4.69) is 52.5 Å². The van der Waals surface area contributed by atoms with E-state index < -0.39 is 0 Å². The van der Waals surface area contributed by atoms with E-state index in [1.165, 1.54) is 44.7 Å². The van der Waals surface area contributed by atoms with Crippen LogP contribution in [0.3, 0.4) is 0 Å². The summed E-state index contributed by atoms with van der Waals surface area (Å²) in [5.41, 5.74) is 0.935. The third-order valence-corrected chi connectivity index (χ3v) is 6.06. The molecular formula is C21H32N4. The van der Waals surface area contributed by atoms with Crippen LogP contribution in [-0.2, 0) is 5.41 Å². The fourth-order valence-corrected chi connectivity index (χ4v) is 4.22. The van der Waals surface area contributed by atoms with Crippen LogP contribution in [0, 0.1) is 11.3 Å². The van der Waals surface area contributed by atoms with Crippen molar-refractivity contribution >= 4 is 0 Å². The van der Waals surface area contributed by atoms with Crippen molar-refractivity contribution in [3.63, 3.8) is 0 Å². The minimum atomic E-state index is -0.265. The number of hydrogen-bond donors (Lipinski definition) is 1. The van der Waals surface area contributed by atoms with Crippen molar-refractivity contribution in [3.8, 4) is 6.07 Å². The first kappa shape index (κ1) is 18.4. The Kier molecular flexibility index (Phi) is 6.47. The van der Waals surface area contributed by atoms with Crippen LogP contribution < -0.4 is 5.32 Å². The lowest BCUT2D eigenvalue weighted by Gasteiger charge is -2.36. The van der Waals surface area contributed by atoms with Gasteiger partial charge in [-0.25, -0.2) is 0 Å². The van der Waals surface area contributed by atoms with Crippen LogP contribution in [-0.4, -0.2) is 62.2 Å². The highest BCUT2D eigenvalue weighted by atomic mass is 15.2. The van der Waals surface area contributed by atoms with Crippen molar-refractivity contribution in [2.45, 2.75) is 43.6 Å². The molecule has 1 saturated heterocycles. The number of nitriles is 1. The lowest BCUT2D eigenvalue weighted by atomic mass is 9.69. The molecule has 136 valence electrons. The summed E-state index contributed by atoms with van der Waals surface area (Å²) >= 11 is 0. The largest absolute Gasteiger partial charge is 0.314 e.